The highest BCUT2D eigenvalue weighted by Gasteiger charge is 2.26. The Bertz CT molecular complexity index is 665. The molecule has 114 valence electrons. The van der Waals surface area contributed by atoms with Crippen LogP contribution in [-0.4, -0.2) is 25.3 Å². The summed E-state index contributed by atoms with van der Waals surface area (Å²) in [5, 5.41) is 0. The van der Waals surface area contributed by atoms with E-state index in [4.69, 9.17) is 9.47 Å². The normalized spacial score (nSPS) is 17.8. The van der Waals surface area contributed by atoms with Crippen LogP contribution in [0.5, 0.6) is 0 Å². The quantitative estimate of drug-likeness (QED) is 0.626. The second-order valence-corrected chi connectivity index (χ2v) is 5.41. The van der Waals surface area contributed by atoms with Crippen molar-refractivity contribution in [2.24, 2.45) is 0 Å². The Morgan fingerprint density at radius 2 is 2.05 bits per heavy atom. The molecule has 2 unspecified atom stereocenters. The van der Waals surface area contributed by atoms with Gasteiger partial charge in [-0.1, -0.05) is 42.5 Å². The third-order valence-electron chi connectivity index (χ3n) is 3.75. The van der Waals surface area contributed by atoms with Crippen LogP contribution in [0.2, 0.25) is 0 Å². The topological polar surface area (TPSA) is 38.8 Å². The molecule has 0 spiro atoms. The van der Waals surface area contributed by atoms with Gasteiger partial charge in [0.25, 0.3) is 0 Å². The van der Waals surface area contributed by atoms with E-state index in [9.17, 15) is 9.18 Å². The minimum absolute atomic E-state index is 0.0355. The molecule has 4 heteroatoms. The van der Waals surface area contributed by atoms with E-state index in [1.165, 1.54) is 6.07 Å². The van der Waals surface area contributed by atoms with Gasteiger partial charge in [0, 0.05) is 5.56 Å². The van der Waals surface area contributed by atoms with Gasteiger partial charge in [0.15, 0.2) is 0 Å². The minimum Gasteiger partial charge on any atom is -0.462 e. The fraction of sp³-hybridized carbons (Fsp3) is 0.278. The maximum absolute atomic E-state index is 14.3. The van der Waals surface area contributed by atoms with Gasteiger partial charge in [0.2, 0.25) is 0 Å². The van der Waals surface area contributed by atoms with Gasteiger partial charge in [0.05, 0.1) is 12.5 Å². The molecule has 2 atom stereocenters. The zero-order valence-corrected chi connectivity index (χ0v) is 12.3. The molecule has 1 aliphatic rings. The van der Waals surface area contributed by atoms with Crippen molar-refractivity contribution in [3.63, 3.8) is 0 Å². The SMILES string of the molecule is CC(C(=O)OCC1CO1)c1ccc(-c2ccccc2)c(F)c1. The second kappa shape index (κ2) is 6.28. The number of esters is 1. The van der Waals surface area contributed by atoms with Crippen LogP contribution < -0.4 is 0 Å². The highest BCUT2D eigenvalue weighted by molar-refractivity contribution is 5.78. The van der Waals surface area contributed by atoms with E-state index in [-0.39, 0.29) is 24.5 Å². The van der Waals surface area contributed by atoms with Crippen LogP contribution in [0.4, 0.5) is 4.39 Å². The van der Waals surface area contributed by atoms with Crippen molar-refractivity contribution < 1.29 is 18.7 Å². The van der Waals surface area contributed by atoms with Crippen LogP contribution in [0, 0.1) is 5.82 Å². The molecule has 1 heterocycles. The minimum atomic E-state index is -0.502. The van der Waals surface area contributed by atoms with Gasteiger partial charge < -0.3 is 9.47 Å². The number of halogens is 1. The van der Waals surface area contributed by atoms with Gasteiger partial charge in [-0.25, -0.2) is 4.39 Å². The molecular weight excluding hydrogens is 283 g/mol. The van der Waals surface area contributed by atoms with Crippen molar-refractivity contribution >= 4 is 5.97 Å². The highest BCUT2D eigenvalue weighted by Crippen LogP contribution is 2.27. The average Bonchev–Trinajstić information content (AvgIpc) is 3.37. The molecule has 0 bridgehead atoms. The van der Waals surface area contributed by atoms with Crippen molar-refractivity contribution in [1.29, 1.82) is 0 Å². The number of benzene rings is 2. The Morgan fingerprint density at radius 3 is 2.68 bits per heavy atom. The van der Waals surface area contributed by atoms with Crippen molar-refractivity contribution in [1.82, 2.24) is 0 Å². The highest BCUT2D eigenvalue weighted by atomic mass is 19.1. The van der Waals surface area contributed by atoms with E-state index in [1.54, 1.807) is 19.1 Å². The van der Waals surface area contributed by atoms with Crippen molar-refractivity contribution in [3.05, 3.63) is 59.9 Å². The summed E-state index contributed by atoms with van der Waals surface area (Å²) in [6.45, 7) is 2.63. The Balaban J connectivity index is 1.74. The van der Waals surface area contributed by atoms with Crippen LogP contribution >= 0.6 is 0 Å². The van der Waals surface area contributed by atoms with Crippen LogP contribution in [0.15, 0.2) is 48.5 Å². The Labute approximate surface area is 128 Å². The lowest BCUT2D eigenvalue weighted by Gasteiger charge is -2.13. The van der Waals surface area contributed by atoms with E-state index in [2.05, 4.69) is 0 Å². The lowest BCUT2D eigenvalue weighted by atomic mass is 9.97. The first-order valence-electron chi connectivity index (χ1n) is 7.28. The van der Waals surface area contributed by atoms with E-state index < -0.39 is 5.92 Å². The molecule has 2 aromatic carbocycles. The predicted molar refractivity (Wildman–Crippen MR) is 81.0 cm³/mol. The zero-order valence-electron chi connectivity index (χ0n) is 12.3. The first-order chi connectivity index (χ1) is 10.6. The van der Waals surface area contributed by atoms with Crippen molar-refractivity contribution in [2.75, 3.05) is 13.2 Å². The summed E-state index contributed by atoms with van der Waals surface area (Å²) in [5.74, 6) is -1.20. The summed E-state index contributed by atoms with van der Waals surface area (Å²) in [6.07, 6.45) is 0.0355. The Morgan fingerprint density at radius 1 is 1.32 bits per heavy atom. The first kappa shape index (κ1) is 14.7. The molecule has 0 amide bonds. The summed E-state index contributed by atoms with van der Waals surface area (Å²) in [4.78, 5) is 11.9. The number of rotatable bonds is 5. The standard InChI is InChI=1S/C18H17FO3/c1-12(18(20)22-11-15-10-21-15)14-7-8-16(17(19)9-14)13-5-3-2-4-6-13/h2-9,12,15H,10-11H2,1H3. The zero-order chi connectivity index (χ0) is 15.5. The van der Waals surface area contributed by atoms with Crippen molar-refractivity contribution in [3.8, 4) is 11.1 Å². The second-order valence-electron chi connectivity index (χ2n) is 5.41. The molecule has 0 N–H and O–H groups in total. The summed E-state index contributed by atoms with van der Waals surface area (Å²) >= 11 is 0. The third-order valence-corrected chi connectivity index (χ3v) is 3.75. The fourth-order valence-electron chi connectivity index (χ4n) is 2.25. The lowest BCUT2D eigenvalue weighted by Crippen LogP contribution is -2.16. The largest absolute Gasteiger partial charge is 0.462 e. The molecule has 0 aliphatic carbocycles. The number of epoxide rings is 1. The van der Waals surface area contributed by atoms with Crippen LogP contribution in [0.3, 0.4) is 0 Å². The number of hydrogen-bond acceptors (Lipinski definition) is 3. The number of carbonyl (C=O) groups is 1. The molecule has 1 fully saturated rings. The van der Waals surface area contributed by atoms with Crippen LogP contribution in [-0.2, 0) is 14.3 Å². The smallest absolute Gasteiger partial charge is 0.313 e. The predicted octanol–water partition coefficient (Wildman–Crippen LogP) is 3.54. The maximum atomic E-state index is 14.3. The molecule has 0 aromatic heterocycles. The Hall–Kier alpha value is -2.20. The molecule has 22 heavy (non-hydrogen) atoms. The van der Waals surface area contributed by atoms with Gasteiger partial charge in [0.1, 0.15) is 18.5 Å². The molecular formula is C18H17FO3. The van der Waals surface area contributed by atoms with Gasteiger partial charge in [-0.2, -0.15) is 0 Å². The summed E-state index contributed by atoms with van der Waals surface area (Å²) in [5.41, 5.74) is 1.95. The van der Waals surface area contributed by atoms with Crippen LogP contribution in [0.1, 0.15) is 18.4 Å². The Kier molecular flexibility index (Phi) is 4.20. The molecule has 1 aliphatic heterocycles. The fourth-order valence-corrected chi connectivity index (χ4v) is 2.25. The van der Waals surface area contributed by atoms with Crippen LogP contribution in [0.25, 0.3) is 11.1 Å². The van der Waals surface area contributed by atoms with E-state index in [0.717, 1.165) is 5.56 Å². The van der Waals surface area contributed by atoms with Crippen molar-refractivity contribution in [2.45, 2.75) is 18.9 Å². The summed E-state index contributed by atoms with van der Waals surface area (Å²) < 4.78 is 24.5. The van der Waals surface area contributed by atoms with E-state index in [0.29, 0.717) is 17.7 Å². The third kappa shape index (κ3) is 3.34. The van der Waals surface area contributed by atoms with Gasteiger partial charge >= 0.3 is 5.97 Å². The number of hydrogen-bond donors (Lipinski definition) is 0. The lowest BCUT2D eigenvalue weighted by molar-refractivity contribution is -0.145. The maximum Gasteiger partial charge on any atom is 0.313 e. The van der Waals surface area contributed by atoms with E-state index in [1.807, 2.05) is 30.3 Å². The van der Waals surface area contributed by atoms with Gasteiger partial charge in [-0.3, -0.25) is 4.79 Å². The number of carbonyl (C=O) groups excluding carboxylic acids is 1. The molecule has 3 rings (SSSR count). The first-order valence-corrected chi connectivity index (χ1v) is 7.28. The molecule has 0 saturated carbocycles. The molecule has 1 saturated heterocycles. The molecule has 2 aromatic rings. The van der Waals surface area contributed by atoms with E-state index >= 15 is 0 Å². The monoisotopic (exact) mass is 300 g/mol. The molecule has 0 radical (unpaired) electrons. The summed E-state index contributed by atoms with van der Waals surface area (Å²) in [6, 6.07) is 14.2. The summed E-state index contributed by atoms with van der Waals surface area (Å²) in [7, 11) is 0. The number of ether oxygens (including phenoxy) is 2. The van der Waals surface area contributed by atoms with Gasteiger partial charge in [-0.05, 0) is 24.1 Å². The van der Waals surface area contributed by atoms with Gasteiger partial charge in [-0.15, -0.1) is 0 Å². The molecule has 3 nitrogen and oxygen atoms in total. The average molecular weight is 300 g/mol.